The summed E-state index contributed by atoms with van der Waals surface area (Å²) in [5.41, 5.74) is 7.17. The van der Waals surface area contributed by atoms with E-state index in [-0.39, 0.29) is 0 Å². The van der Waals surface area contributed by atoms with Crippen molar-refractivity contribution in [3.8, 4) is 0 Å². The van der Waals surface area contributed by atoms with Crippen LogP contribution >= 0.6 is 16.1 Å². The normalized spacial score (nSPS) is 14.0. The van der Waals surface area contributed by atoms with Crippen molar-refractivity contribution >= 4 is 21.7 Å². The first-order valence-electron chi connectivity index (χ1n) is 6.11. The lowest BCUT2D eigenvalue weighted by atomic mass is 10.1. The van der Waals surface area contributed by atoms with Crippen molar-refractivity contribution in [2.24, 2.45) is 0 Å². The maximum atomic E-state index is 12.0. The van der Waals surface area contributed by atoms with Gasteiger partial charge in [-0.1, -0.05) is 12.1 Å². The van der Waals surface area contributed by atoms with Gasteiger partial charge in [-0.15, -0.1) is 9.05 Å². The van der Waals surface area contributed by atoms with Gasteiger partial charge in [0.25, 0.3) is 0 Å². The first kappa shape index (κ1) is 16.2. The topological polar surface area (TPSA) is 78.6 Å². The Bertz CT molecular complexity index is 418. The molecule has 1 aromatic carbocycles. The SMILES string of the molecule is CCO[P+](=O)C(Cc1ccc(N)cc1)[P+](=O)OCC. The molecule has 0 radical (unpaired) electrons. The lowest BCUT2D eigenvalue weighted by Crippen LogP contribution is -2.05. The average Bonchev–Trinajstić information content (AvgIpc) is 2.38. The molecule has 0 heterocycles. The second kappa shape index (κ2) is 8.34. The Balaban J connectivity index is 2.81. The molecule has 104 valence electrons. The Labute approximate surface area is 115 Å². The molecule has 2 unspecified atom stereocenters. The minimum absolute atomic E-state index is 0.322. The van der Waals surface area contributed by atoms with Crippen LogP contribution in [0.5, 0.6) is 0 Å². The molecular weight excluding hydrogens is 284 g/mol. The molecule has 5 nitrogen and oxygen atoms in total. The van der Waals surface area contributed by atoms with E-state index < -0.39 is 21.5 Å². The third-order valence-electron chi connectivity index (χ3n) is 2.40. The van der Waals surface area contributed by atoms with Crippen molar-refractivity contribution in [2.45, 2.75) is 25.7 Å². The van der Waals surface area contributed by atoms with Crippen molar-refractivity contribution in [1.29, 1.82) is 0 Å². The van der Waals surface area contributed by atoms with Gasteiger partial charge >= 0.3 is 21.5 Å². The van der Waals surface area contributed by atoms with Crippen LogP contribution in [0.2, 0.25) is 0 Å². The van der Waals surface area contributed by atoms with Gasteiger partial charge in [-0.25, -0.2) is 0 Å². The van der Waals surface area contributed by atoms with Crippen LogP contribution in [-0.2, 0) is 24.6 Å². The van der Waals surface area contributed by atoms with Crippen LogP contribution < -0.4 is 5.73 Å². The Morgan fingerprint density at radius 2 is 1.53 bits per heavy atom. The molecule has 0 amide bonds. The Morgan fingerprint density at radius 3 is 1.95 bits per heavy atom. The number of anilines is 1. The molecule has 19 heavy (non-hydrogen) atoms. The minimum atomic E-state index is -2.02. The van der Waals surface area contributed by atoms with E-state index in [9.17, 15) is 9.13 Å². The average molecular weight is 303 g/mol. The number of hydrogen-bond donors (Lipinski definition) is 1. The summed E-state index contributed by atoms with van der Waals surface area (Å²) in [7, 11) is -4.03. The number of nitrogen functional groups attached to an aromatic ring is 1. The van der Waals surface area contributed by atoms with Crippen LogP contribution in [0, 0.1) is 0 Å². The second-order valence-corrected chi connectivity index (χ2v) is 7.14. The van der Waals surface area contributed by atoms with E-state index in [1.54, 1.807) is 26.0 Å². The number of hydrogen-bond acceptors (Lipinski definition) is 5. The summed E-state index contributed by atoms with van der Waals surface area (Å²) in [5, 5.41) is -0.631. The predicted octanol–water partition coefficient (Wildman–Crippen LogP) is 3.70. The van der Waals surface area contributed by atoms with E-state index in [4.69, 9.17) is 14.8 Å². The molecule has 0 bridgehead atoms. The van der Waals surface area contributed by atoms with Crippen molar-refractivity contribution in [1.82, 2.24) is 0 Å². The molecule has 2 N–H and O–H groups in total. The van der Waals surface area contributed by atoms with Gasteiger partial charge in [0.1, 0.15) is 0 Å². The van der Waals surface area contributed by atoms with Gasteiger partial charge in [0.2, 0.25) is 0 Å². The molecule has 0 fully saturated rings. The summed E-state index contributed by atoms with van der Waals surface area (Å²) < 4.78 is 34.1. The lowest BCUT2D eigenvalue weighted by Gasteiger charge is -1.99. The lowest BCUT2D eigenvalue weighted by molar-refractivity contribution is 0.333. The third kappa shape index (κ3) is 5.33. The first-order chi connectivity index (χ1) is 9.08. The van der Waals surface area contributed by atoms with E-state index in [0.717, 1.165) is 5.56 Å². The van der Waals surface area contributed by atoms with E-state index >= 15 is 0 Å². The zero-order chi connectivity index (χ0) is 14.3. The standard InChI is InChI=1S/C12H19NO4P2/c1-3-16-18(14)12(19(15)17-4-2)9-10-5-7-11(13)8-6-10/h5-8,12H,3-4,9,13H2,1-2H3/q+2. The molecule has 0 aliphatic heterocycles. The highest BCUT2D eigenvalue weighted by Gasteiger charge is 2.51. The van der Waals surface area contributed by atoms with Gasteiger partial charge in [0, 0.05) is 5.69 Å². The van der Waals surface area contributed by atoms with E-state index in [0.29, 0.717) is 25.3 Å². The monoisotopic (exact) mass is 303 g/mol. The van der Waals surface area contributed by atoms with Crippen LogP contribution in [-0.4, -0.2) is 18.6 Å². The molecule has 0 spiro atoms. The van der Waals surface area contributed by atoms with Crippen molar-refractivity contribution in [3.05, 3.63) is 29.8 Å². The zero-order valence-corrected chi connectivity index (χ0v) is 12.9. The minimum Gasteiger partial charge on any atom is -0.399 e. The van der Waals surface area contributed by atoms with E-state index in [1.165, 1.54) is 0 Å². The third-order valence-corrected chi connectivity index (χ3v) is 5.89. The van der Waals surface area contributed by atoms with Crippen LogP contribution in [0.25, 0.3) is 0 Å². The van der Waals surface area contributed by atoms with Crippen LogP contribution in [0.4, 0.5) is 5.69 Å². The first-order valence-corrected chi connectivity index (χ1v) is 8.60. The molecule has 1 rings (SSSR count). The number of nitrogens with two attached hydrogens (primary N) is 1. The summed E-state index contributed by atoms with van der Waals surface area (Å²) in [6.07, 6.45) is 0.380. The molecule has 0 saturated heterocycles. The van der Waals surface area contributed by atoms with Crippen LogP contribution in [0.15, 0.2) is 24.3 Å². The fourth-order valence-corrected chi connectivity index (χ4v) is 4.11. The van der Waals surface area contributed by atoms with Gasteiger partial charge < -0.3 is 5.73 Å². The number of rotatable bonds is 8. The molecule has 0 saturated carbocycles. The highest BCUT2D eigenvalue weighted by Crippen LogP contribution is 2.47. The molecule has 7 heteroatoms. The van der Waals surface area contributed by atoms with Gasteiger partial charge in [0.05, 0.1) is 19.6 Å². The summed E-state index contributed by atoms with van der Waals surface area (Å²) >= 11 is 0. The fourth-order valence-electron chi connectivity index (χ4n) is 1.52. The van der Waals surface area contributed by atoms with Crippen LogP contribution in [0.3, 0.4) is 0 Å². The Morgan fingerprint density at radius 1 is 1.05 bits per heavy atom. The maximum Gasteiger partial charge on any atom is 0.567 e. The Hall–Kier alpha value is -0.860. The highest BCUT2D eigenvalue weighted by atomic mass is 31.2. The second-order valence-electron chi connectivity index (χ2n) is 3.83. The van der Waals surface area contributed by atoms with Crippen LogP contribution in [0.1, 0.15) is 19.4 Å². The van der Waals surface area contributed by atoms with Gasteiger partial charge in [-0.2, -0.15) is 0 Å². The maximum absolute atomic E-state index is 12.0. The predicted molar refractivity (Wildman–Crippen MR) is 76.8 cm³/mol. The molecule has 1 aromatic rings. The molecule has 0 aliphatic carbocycles. The summed E-state index contributed by atoms with van der Waals surface area (Å²) in [6, 6.07) is 7.17. The summed E-state index contributed by atoms with van der Waals surface area (Å²) in [5.74, 6) is 0. The summed E-state index contributed by atoms with van der Waals surface area (Å²) in [6.45, 7) is 4.15. The van der Waals surface area contributed by atoms with Crippen molar-refractivity contribution in [3.63, 3.8) is 0 Å². The van der Waals surface area contributed by atoms with Gasteiger partial charge in [-0.05, 0) is 40.7 Å². The smallest absolute Gasteiger partial charge is 0.399 e. The fraction of sp³-hybridized carbons (Fsp3) is 0.500. The zero-order valence-electron chi connectivity index (χ0n) is 11.1. The molecule has 0 aliphatic rings. The highest BCUT2D eigenvalue weighted by molar-refractivity contribution is 7.58. The number of benzene rings is 1. The van der Waals surface area contributed by atoms with E-state index in [2.05, 4.69) is 0 Å². The van der Waals surface area contributed by atoms with Gasteiger partial charge in [-0.3, -0.25) is 0 Å². The Kier molecular flexibility index (Phi) is 7.11. The molecule has 2 atom stereocenters. The van der Waals surface area contributed by atoms with Crippen molar-refractivity contribution < 1.29 is 18.2 Å². The van der Waals surface area contributed by atoms with Gasteiger partial charge in [0.15, 0.2) is 0 Å². The summed E-state index contributed by atoms with van der Waals surface area (Å²) in [4.78, 5) is 0. The molecule has 0 aromatic heterocycles. The van der Waals surface area contributed by atoms with E-state index in [1.807, 2.05) is 12.1 Å². The molecular formula is C12H19NO4P2+2. The quantitative estimate of drug-likeness (QED) is 0.585. The largest absolute Gasteiger partial charge is 0.567 e. The van der Waals surface area contributed by atoms with Crippen molar-refractivity contribution in [2.75, 3.05) is 18.9 Å².